The summed E-state index contributed by atoms with van der Waals surface area (Å²) in [7, 11) is 5.05. The molecule has 4 heteroatoms. The minimum Gasteiger partial charge on any atom is -0.497 e. The van der Waals surface area contributed by atoms with E-state index in [1.807, 2.05) is 32.0 Å². The van der Waals surface area contributed by atoms with Gasteiger partial charge in [-0.05, 0) is 32.0 Å². The molecule has 0 atom stereocenters. The van der Waals surface area contributed by atoms with Crippen molar-refractivity contribution in [2.45, 2.75) is 26.0 Å². The molecule has 1 aromatic rings. The Bertz CT molecular complexity index is 377. The average Bonchev–Trinajstić information content (AvgIpc) is 2.38. The molecule has 18 heavy (non-hydrogen) atoms. The molecular weight excluding hydrogens is 230 g/mol. The van der Waals surface area contributed by atoms with Crippen molar-refractivity contribution in [1.82, 2.24) is 5.32 Å². The molecule has 0 aliphatic heterocycles. The Kier molecular flexibility index (Phi) is 5.44. The molecule has 1 aromatic carbocycles. The Labute approximate surface area is 109 Å². The molecule has 0 aliphatic carbocycles. The van der Waals surface area contributed by atoms with Crippen LogP contribution in [0, 0.1) is 0 Å². The van der Waals surface area contributed by atoms with E-state index in [4.69, 9.17) is 14.2 Å². The quantitative estimate of drug-likeness (QED) is 0.809. The average molecular weight is 253 g/mol. The zero-order chi connectivity index (χ0) is 13.6. The van der Waals surface area contributed by atoms with E-state index in [1.165, 1.54) is 0 Å². The van der Waals surface area contributed by atoms with Gasteiger partial charge in [-0.3, -0.25) is 0 Å². The van der Waals surface area contributed by atoms with Crippen molar-refractivity contribution < 1.29 is 14.2 Å². The first-order valence-corrected chi connectivity index (χ1v) is 5.99. The zero-order valence-electron chi connectivity index (χ0n) is 11.9. The summed E-state index contributed by atoms with van der Waals surface area (Å²) in [5.41, 5.74) is 0.898. The van der Waals surface area contributed by atoms with Crippen LogP contribution in [0.5, 0.6) is 11.5 Å². The smallest absolute Gasteiger partial charge is 0.123 e. The number of hydrogen-bond acceptors (Lipinski definition) is 4. The van der Waals surface area contributed by atoms with Gasteiger partial charge in [-0.1, -0.05) is 0 Å². The summed E-state index contributed by atoms with van der Waals surface area (Å²) in [6.07, 6.45) is 0. The summed E-state index contributed by atoms with van der Waals surface area (Å²) in [4.78, 5) is 0. The van der Waals surface area contributed by atoms with Crippen LogP contribution in [-0.4, -0.2) is 33.5 Å². The summed E-state index contributed by atoms with van der Waals surface area (Å²) in [6, 6.07) is 5.78. The molecule has 0 bridgehead atoms. The third kappa shape index (κ3) is 4.20. The number of hydrogen-bond donors (Lipinski definition) is 1. The van der Waals surface area contributed by atoms with Crippen LogP contribution in [-0.2, 0) is 11.3 Å². The monoisotopic (exact) mass is 253 g/mol. The molecular formula is C14H23NO3. The second kappa shape index (κ2) is 6.61. The third-order valence-corrected chi connectivity index (χ3v) is 2.91. The summed E-state index contributed by atoms with van der Waals surface area (Å²) in [5.74, 6) is 1.69. The molecule has 0 radical (unpaired) electrons. The van der Waals surface area contributed by atoms with Gasteiger partial charge in [0.05, 0.1) is 19.8 Å². The second-order valence-corrected chi connectivity index (χ2v) is 4.75. The van der Waals surface area contributed by atoms with Crippen LogP contribution in [0.4, 0.5) is 0 Å². The lowest BCUT2D eigenvalue weighted by atomic mass is 10.1. The second-order valence-electron chi connectivity index (χ2n) is 4.75. The molecule has 0 fully saturated rings. The maximum atomic E-state index is 5.36. The fourth-order valence-corrected chi connectivity index (χ4v) is 1.59. The van der Waals surface area contributed by atoms with Crippen LogP contribution in [0.1, 0.15) is 19.4 Å². The molecule has 1 N–H and O–H groups in total. The van der Waals surface area contributed by atoms with E-state index in [1.54, 1.807) is 21.3 Å². The first-order chi connectivity index (χ1) is 8.52. The van der Waals surface area contributed by atoms with Gasteiger partial charge in [-0.25, -0.2) is 0 Å². The highest BCUT2D eigenvalue weighted by molar-refractivity contribution is 5.40. The maximum Gasteiger partial charge on any atom is 0.123 e. The van der Waals surface area contributed by atoms with E-state index in [2.05, 4.69) is 5.32 Å². The number of ether oxygens (including phenoxy) is 3. The molecule has 0 aromatic heterocycles. The lowest BCUT2D eigenvalue weighted by molar-refractivity contribution is 0.0230. The van der Waals surface area contributed by atoms with Crippen molar-refractivity contribution in [3.05, 3.63) is 23.8 Å². The standard InChI is InChI=1S/C14H23NO3/c1-14(2,18-5)10-15-9-11-8-12(16-3)6-7-13(11)17-4/h6-8,15H,9-10H2,1-5H3. The van der Waals surface area contributed by atoms with Gasteiger partial charge in [0.25, 0.3) is 0 Å². The van der Waals surface area contributed by atoms with Gasteiger partial charge >= 0.3 is 0 Å². The van der Waals surface area contributed by atoms with Crippen LogP contribution in [0.15, 0.2) is 18.2 Å². The molecule has 0 heterocycles. The zero-order valence-corrected chi connectivity index (χ0v) is 11.9. The normalized spacial score (nSPS) is 11.4. The van der Waals surface area contributed by atoms with Crippen LogP contribution in [0.2, 0.25) is 0 Å². The molecule has 0 saturated heterocycles. The number of nitrogens with one attached hydrogen (secondary N) is 1. The van der Waals surface area contributed by atoms with Gasteiger partial charge in [-0.2, -0.15) is 0 Å². The Balaban J connectivity index is 2.65. The predicted molar refractivity (Wildman–Crippen MR) is 72.3 cm³/mol. The number of methoxy groups -OCH3 is 3. The van der Waals surface area contributed by atoms with Crippen LogP contribution >= 0.6 is 0 Å². The van der Waals surface area contributed by atoms with E-state index >= 15 is 0 Å². The minimum absolute atomic E-state index is 0.175. The van der Waals surface area contributed by atoms with Crippen LogP contribution < -0.4 is 14.8 Å². The van der Waals surface area contributed by atoms with Gasteiger partial charge in [-0.15, -0.1) is 0 Å². The lowest BCUT2D eigenvalue weighted by Gasteiger charge is -2.23. The van der Waals surface area contributed by atoms with Gasteiger partial charge in [0.15, 0.2) is 0 Å². The van der Waals surface area contributed by atoms with E-state index in [-0.39, 0.29) is 5.60 Å². The summed E-state index contributed by atoms with van der Waals surface area (Å²) < 4.78 is 15.9. The fourth-order valence-electron chi connectivity index (χ4n) is 1.59. The largest absolute Gasteiger partial charge is 0.497 e. The molecule has 102 valence electrons. The van der Waals surface area contributed by atoms with Crippen molar-refractivity contribution in [3.63, 3.8) is 0 Å². The SMILES string of the molecule is COc1ccc(OC)c(CNCC(C)(C)OC)c1. The fraction of sp³-hybridized carbons (Fsp3) is 0.571. The summed E-state index contributed by atoms with van der Waals surface area (Å²) >= 11 is 0. The topological polar surface area (TPSA) is 39.7 Å². The van der Waals surface area contributed by atoms with Gasteiger partial charge in [0.1, 0.15) is 11.5 Å². The Morgan fingerprint density at radius 3 is 2.39 bits per heavy atom. The maximum absolute atomic E-state index is 5.36. The van der Waals surface area contributed by atoms with Crippen molar-refractivity contribution in [2.24, 2.45) is 0 Å². The predicted octanol–water partition coefficient (Wildman–Crippen LogP) is 2.22. The molecule has 1 rings (SSSR count). The van der Waals surface area contributed by atoms with Gasteiger partial charge < -0.3 is 19.5 Å². The molecule has 4 nitrogen and oxygen atoms in total. The molecule has 0 spiro atoms. The Morgan fingerprint density at radius 2 is 1.83 bits per heavy atom. The van der Waals surface area contributed by atoms with Crippen molar-refractivity contribution >= 4 is 0 Å². The number of benzene rings is 1. The third-order valence-electron chi connectivity index (χ3n) is 2.91. The Hall–Kier alpha value is -1.26. The Morgan fingerprint density at radius 1 is 1.11 bits per heavy atom. The molecule has 0 unspecified atom stereocenters. The van der Waals surface area contributed by atoms with E-state index in [9.17, 15) is 0 Å². The molecule has 0 saturated carbocycles. The van der Waals surface area contributed by atoms with Gasteiger partial charge in [0, 0.05) is 25.8 Å². The summed E-state index contributed by atoms with van der Waals surface area (Å²) in [5, 5.41) is 3.36. The lowest BCUT2D eigenvalue weighted by Crippen LogP contribution is -2.36. The van der Waals surface area contributed by atoms with E-state index in [0.717, 1.165) is 23.6 Å². The highest BCUT2D eigenvalue weighted by Crippen LogP contribution is 2.23. The van der Waals surface area contributed by atoms with E-state index in [0.29, 0.717) is 6.54 Å². The van der Waals surface area contributed by atoms with Crippen LogP contribution in [0.3, 0.4) is 0 Å². The first-order valence-electron chi connectivity index (χ1n) is 5.99. The molecule has 0 amide bonds. The summed E-state index contributed by atoms with van der Waals surface area (Å²) in [6.45, 7) is 5.57. The van der Waals surface area contributed by atoms with Crippen molar-refractivity contribution in [2.75, 3.05) is 27.9 Å². The minimum atomic E-state index is -0.175. The van der Waals surface area contributed by atoms with E-state index < -0.39 is 0 Å². The van der Waals surface area contributed by atoms with Crippen LogP contribution in [0.25, 0.3) is 0 Å². The first kappa shape index (κ1) is 14.8. The van der Waals surface area contributed by atoms with Crippen molar-refractivity contribution in [1.29, 1.82) is 0 Å². The molecule has 0 aliphatic rings. The number of rotatable bonds is 7. The van der Waals surface area contributed by atoms with Gasteiger partial charge in [0.2, 0.25) is 0 Å². The highest BCUT2D eigenvalue weighted by Gasteiger charge is 2.15. The van der Waals surface area contributed by atoms with Crippen molar-refractivity contribution in [3.8, 4) is 11.5 Å². The highest BCUT2D eigenvalue weighted by atomic mass is 16.5.